The number of benzene rings is 4. The van der Waals surface area contributed by atoms with Crippen LogP contribution in [0.25, 0.3) is 22.0 Å². The first-order valence-electron chi connectivity index (χ1n) is 11.9. The fourth-order valence-electron chi connectivity index (χ4n) is 4.74. The Bertz CT molecular complexity index is 1560. The molecule has 0 amide bonds. The summed E-state index contributed by atoms with van der Waals surface area (Å²) in [4.78, 5) is 14.0. The number of pyridine rings is 1. The highest BCUT2D eigenvalue weighted by Gasteiger charge is 2.18. The maximum atomic E-state index is 14.0. The van der Waals surface area contributed by atoms with E-state index in [9.17, 15) is 4.79 Å². The fourth-order valence-corrected chi connectivity index (χ4v) is 4.74. The van der Waals surface area contributed by atoms with E-state index >= 15 is 0 Å². The predicted octanol–water partition coefficient (Wildman–Crippen LogP) is 7.74. The van der Waals surface area contributed by atoms with Crippen molar-refractivity contribution in [2.24, 2.45) is 0 Å². The zero-order valence-corrected chi connectivity index (χ0v) is 20.6. The SMILES string of the molecule is Cc1c(C)c(C)c2c(=O)n(Cc3ccccc3)c(-c3ccc(Oc4ccccc4)cc3)cc2c1C. The molecule has 0 saturated heterocycles. The van der Waals surface area contributed by atoms with Crippen LogP contribution in [0.3, 0.4) is 0 Å². The molecule has 0 bridgehead atoms. The molecule has 174 valence electrons. The van der Waals surface area contributed by atoms with Crippen LogP contribution >= 0.6 is 0 Å². The molecule has 0 unspecified atom stereocenters. The number of nitrogens with zero attached hydrogens (tertiary/aromatic N) is 1. The Morgan fingerprint density at radius 3 is 1.89 bits per heavy atom. The number of para-hydroxylation sites is 1. The van der Waals surface area contributed by atoms with Crippen molar-refractivity contribution in [3.05, 3.63) is 129 Å². The third-order valence-electron chi connectivity index (χ3n) is 7.08. The van der Waals surface area contributed by atoms with Gasteiger partial charge in [0.05, 0.1) is 17.6 Å². The van der Waals surface area contributed by atoms with E-state index in [4.69, 9.17) is 4.74 Å². The third-order valence-corrected chi connectivity index (χ3v) is 7.08. The second-order valence-electron chi connectivity index (χ2n) is 9.13. The Morgan fingerprint density at radius 1 is 0.657 bits per heavy atom. The van der Waals surface area contributed by atoms with Gasteiger partial charge in [-0.1, -0.05) is 48.5 Å². The normalized spacial score (nSPS) is 11.1. The first-order valence-corrected chi connectivity index (χ1v) is 11.9. The van der Waals surface area contributed by atoms with E-state index in [-0.39, 0.29) is 5.56 Å². The highest BCUT2D eigenvalue weighted by atomic mass is 16.5. The zero-order valence-electron chi connectivity index (χ0n) is 20.6. The number of hydrogen-bond acceptors (Lipinski definition) is 2. The van der Waals surface area contributed by atoms with Crippen LogP contribution in [0.5, 0.6) is 11.5 Å². The molecule has 5 rings (SSSR count). The molecule has 5 aromatic rings. The predicted molar refractivity (Wildman–Crippen MR) is 145 cm³/mol. The summed E-state index contributed by atoms with van der Waals surface area (Å²) in [5.74, 6) is 1.56. The van der Waals surface area contributed by atoms with Crippen LogP contribution in [-0.4, -0.2) is 4.57 Å². The summed E-state index contributed by atoms with van der Waals surface area (Å²) in [5, 5.41) is 1.84. The monoisotopic (exact) mass is 459 g/mol. The molecule has 0 saturated carbocycles. The van der Waals surface area contributed by atoms with Gasteiger partial charge in [-0.2, -0.15) is 0 Å². The average molecular weight is 460 g/mol. The molecule has 0 N–H and O–H groups in total. The van der Waals surface area contributed by atoms with Crippen LogP contribution in [0.15, 0.2) is 95.8 Å². The molecular formula is C32H29NO2. The van der Waals surface area contributed by atoms with Crippen molar-refractivity contribution in [2.75, 3.05) is 0 Å². The van der Waals surface area contributed by atoms with E-state index in [1.54, 1.807) is 0 Å². The molecule has 35 heavy (non-hydrogen) atoms. The summed E-state index contributed by atoms with van der Waals surface area (Å²) in [5.41, 5.74) is 7.69. The van der Waals surface area contributed by atoms with Crippen molar-refractivity contribution in [2.45, 2.75) is 34.2 Å². The molecule has 0 aliphatic carbocycles. The van der Waals surface area contributed by atoms with E-state index in [2.05, 4.69) is 45.9 Å². The zero-order chi connectivity index (χ0) is 24.5. The van der Waals surface area contributed by atoms with Gasteiger partial charge in [0.1, 0.15) is 11.5 Å². The van der Waals surface area contributed by atoms with Crippen molar-refractivity contribution in [1.29, 1.82) is 0 Å². The summed E-state index contributed by atoms with van der Waals surface area (Å²) in [6, 6.07) is 30.1. The van der Waals surface area contributed by atoms with Gasteiger partial charge in [-0.3, -0.25) is 4.79 Å². The Labute approximate surface area is 206 Å². The quantitative estimate of drug-likeness (QED) is 0.269. The van der Waals surface area contributed by atoms with Gasteiger partial charge in [-0.15, -0.1) is 0 Å². The van der Waals surface area contributed by atoms with E-state index in [1.165, 1.54) is 11.1 Å². The van der Waals surface area contributed by atoms with E-state index < -0.39 is 0 Å². The van der Waals surface area contributed by atoms with E-state index in [0.717, 1.165) is 50.2 Å². The third kappa shape index (κ3) is 4.26. The molecule has 3 heteroatoms. The van der Waals surface area contributed by atoms with Crippen LogP contribution in [0, 0.1) is 27.7 Å². The second kappa shape index (κ2) is 9.27. The Morgan fingerprint density at radius 2 is 1.23 bits per heavy atom. The van der Waals surface area contributed by atoms with Crippen LogP contribution in [0.1, 0.15) is 27.8 Å². The van der Waals surface area contributed by atoms with Crippen LogP contribution in [0.2, 0.25) is 0 Å². The molecule has 0 aliphatic rings. The summed E-state index contributed by atoms with van der Waals surface area (Å²) in [6.07, 6.45) is 0. The molecule has 0 fully saturated rings. The number of hydrogen-bond donors (Lipinski definition) is 0. The van der Waals surface area contributed by atoms with Gasteiger partial charge in [0, 0.05) is 0 Å². The molecule has 0 spiro atoms. The van der Waals surface area contributed by atoms with Crippen molar-refractivity contribution < 1.29 is 4.74 Å². The number of aryl methyl sites for hydroxylation is 2. The number of rotatable bonds is 5. The number of fused-ring (bicyclic) bond motifs is 1. The lowest BCUT2D eigenvalue weighted by Crippen LogP contribution is -2.24. The minimum Gasteiger partial charge on any atom is -0.457 e. The van der Waals surface area contributed by atoms with E-state index in [1.807, 2.05) is 77.4 Å². The van der Waals surface area contributed by atoms with Gasteiger partial charge >= 0.3 is 0 Å². The topological polar surface area (TPSA) is 31.2 Å². The summed E-state index contributed by atoms with van der Waals surface area (Å²) < 4.78 is 7.89. The van der Waals surface area contributed by atoms with Gasteiger partial charge in [0.2, 0.25) is 0 Å². The standard InChI is InChI=1S/C32H29NO2/c1-21-22(2)24(4)31-29(23(21)3)19-30(33(32(31)34)20-25-11-7-5-8-12-25)26-15-17-28(18-16-26)35-27-13-9-6-10-14-27/h5-19H,20H2,1-4H3. The lowest BCUT2D eigenvalue weighted by Gasteiger charge is -2.20. The first kappa shape index (κ1) is 22.7. The summed E-state index contributed by atoms with van der Waals surface area (Å²) >= 11 is 0. The Balaban J connectivity index is 1.68. The molecule has 3 nitrogen and oxygen atoms in total. The maximum Gasteiger partial charge on any atom is 0.259 e. The minimum absolute atomic E-state index is 0.0506. The lowest BCUT2D eigenvalue weighted by molar-refractivity contribution is 0.483. The highest BCUT2D eigenvalue weighted by Crippen LogP contribution is 2.32. The Hall–Kier alpha value is -4.11. The van der Waals surface area contributed by atoms with Crippen molar-refractivity contribution in [3.8, 4) is 22.8 Å². The van der Waals surface area contributed by atoms with Crippen molar-refractivity contribution >= 4 is 10.8 Å². The molecule has 1 aromatic heterocycles. The molecular weight excluding hydrogens is 430 g/mol. The van der Waals surface area contributed by atoms with Gasteiger partial charge < -0.3 is 9.30 Å². The molecule has 1 heterocycles. The largest absolute Gasteiger partial charge is 0.457 e. The molecule has 0 aliphatic heterocycles. The fraction of sp³-hybridized carbons (Fsp3) is 0.156. The van der Waals surface area contributed by atoms with Gasteiger partial charge in [-0.05, 0) is 109 Å². The van der Waals surface area contributed by atoms with Crippen LogP contribution in [0.4, 0.5) is 0 Å². The lowest BCUT2D eigenvalue weighted by atomic mass is 9.91. The summed E-state index contributed by atoms with van der Waals surface area (Å²) in [7, 11) is 0. The number of aromatic nitrogens is 1. The van der Waals surface area contributed by atoms with Gasteiger partial charge in [-0.25, -0.2) is 0 Å². The van der Waals surface area contributed by atoms with Crippen LogP contribution < -0.4 is 10.3 Å². The minimum atomic E-state index is 0.0506. The smallest absolute Gasteiger partial charge is 0.259 e. The maximum absolute atomic E-state index is 14.0. The highest BCUT2D eigenvalue weighted by molar-refractivity contribution is 5.92. The van der Waals surface area contributed by atoms with Crippen molar-refractivity contribution in [3.63, 3.8) is 0 Å². The van der Waals surface area contributed by atoms with Gasteiger partial charge in [0.25, 0.3) is 5.56 Å². The Kier molecular flexibility index (Phi) is 6.00. The average Bonchev–Trinajstić information content (AvgIpc) is 2.89. The molecule has 4 aromatic carbocycles. The van der Waals surface area contributed by atoms with Crippen molar-refractivity contribution in [1.82, 2.24) is 4.57 Å². The van der Waals surface area contributed by atoms with Gasteiger partial charge in [0.15, 0.2) is 0 Å². The summed E-state index contributed by atoms with van der Waals surface area (Å²) in [6.45, 7) is 8.94. The van der Waals surface area contributed by atoms with Crippen LogP contribution in [-0.2, 0) is 6.54 Å². The first-order chi connectivity index (χ1) is 16.9. The second-order valence-corrected chi connectivity index (χ2v) is 9.13. The van der Waals surface area contributed by atoms with E-state index in [0.29, 0.717) is 6.54 Å². The molecule has 0 radical (unpaired) electrons. The molecule has 0 atom stereocenters. The number of ether oxygens (including phenoxy) is 1.